The maximum atomic E-state index is 5.83. The monoisotopic (exact) mass is 265 g/mol. The van der Waals surface area contributed by atoms with Gasteiger partial charge in [-0.05, 0) is 32.4 Å². The van der Waals surface area contributed by atoms with Crippen molar-refractivity contribution in [2.45, 2.75) is 51.7 Å². The van der Waals surface area contributed by atoms with Crippen LogP contribution in [-0.2, 0) is 24.6 Å². The fourth-order valence-corrected chi connectivity index (χ4v) is 3.17. The molecule has 1 aliphatic rings. The molecule has 1 aliphatic heterocycles. The largest absolute Gasteiger partial charge is 0.378 e. The van der Waals surface area contributed by atoms with E-state index in [9.17, 15) is 0 Å². The van der Waals surface area contributed by atoms with Gasteiger partial charge in [0.1, 0.15) is 0 Å². The van der Waals surface area contributed by atoms with E-state index in [1.807, 2.05) is 11.7 Å². The van der Waals surface area contributed by atoms with Crippen molar-refractivity contribution in [3.63, 3.8) is 0 Å². The Kier molecular flexibility index (Phi) is 4.99. The minimum atomic E-state index is 0.413. The predicted molar refractivity (Wildman–Crippen MR) is 77.3 cm³/mol. The van der Waals surface area contributed by atoms with E-state index >= 15 is 0 Å². The highest BCUT2D eigenvalue weighted by Gasteiger charge is 2.33. The second kappa shape index (κ2) is 6.53. The number of rotatable bonds is 6. The SMILES string of the molecule is CCc1cc(CC(NC)C2CCOC2CC)n(C)n1. The Bertz CT molecular complexity index is 402. The molecule has 0 spiro atoms. The zero-order chi connectivity index (χ0) is 13.8. The Balaban J connectivity index is 2.07. The summed E-state index contributed by atoms with van der Waals surface area (Å²) in [6.07, 6.45) is 4.72. The molecule has 0 aliphatic carbocycles. The van der Waals surface area contributed by atoms with Crippen LogP contribution >= 0.6 is 0 Å². The minimum absolute atomic E-state index is 0.413. The average molecular weight is 265 g/mol. The first-order valence-electron chi connectivity index (χ1n) is 7.50. The maximum absolute atomic E-state index is 5.83. The van der Waals surface area contributed by atoms with Crippen LogP contribution in [-0.4, -0.2) is 35.6 Å². The van der Waals surface area contributed by atoms with Gasteiger partial charge >= 0.3 is 0 Å². The van der Waals surface area contributed by atoms with Crippen LogP contribution in [0.4, 0.5) is 0 Å². The van der Waals surface area contributed by atoms with Crippen LogP contribution in [0, 0.1) is 5.92 Å². The molecule has 0 saturated carbocycles. The Morgan fingerprint density at radius 2 is 2.32 bits per heavy atom. The van der Waals surface area contributed by atoms with Crippen molar-refractivity contribution in [1.82, 2.24) is 15.1 Å². The van der Waals surface area contributed by atoms with E-state index in [0.717, 1.165) is 25.9 Å². The molecule has 3 atom stereocenters. The van der Waals surface area contributed by atoms with Crippen LogP contribution in [0.15, 0.2) is 6.07 Å². The van der Waals surface area contributed by atoms with Gasteiger partial charge in [-0.25, -0.2) is 0 Å². The van der Waals surface area contributed by atoms with Crippen molar-refractivity contribution in [2.24, 2.45) is 13.0 Å². The number of nitrogens with one attached hydrogen (secondary N) is 1. The molecule has 19 heavy (non-hydrogen) atoms. The Morgan fingerprint density at radius 3 is 2.89 bits per heavy atom. The smallest absolute Gasteiger partial charge is 0.0624 e. The first-order chi connectivity index (χ1) is 9.19. The van der Waals surface area contributed by atoms with E-state index in [4.69, 9.17) is 4.74 Å². The standard InChI is InChI=1S/C15H27N3O/c1-5-11-9-12(18(4)17-11)10-14(16-3)13-7-8-19-15(13)6-2/h9,13-16H,5-8,10H2,1-4H3. The van der Waals surface area contributed by atoms with E-state index in [1.54, 1.807) is 0 Å². The van der Waals surface area contributed by atoms with Crippen molar-refractivity contribution >= 4 is 0 Å². The Hall–Kier alpha value is -0.870. The summed E-state index contributed by atoms with van der Waals surface area (Å²) in [5, 5.41) is 8.03. The molecule has 1 N–H and O–H groups in total. The van der Waals surface area contributed by atoms with E-state index < -0.39 is 0 Å². The van der Waals surface area contributed by atoms with E-state index in [2.05, 4.69) is 37.4 Å². The van der Waals surface area contributed by atoms with Crippen LogP contribution < -0.4 is 5.32 Å². The van der Waals surface area contributed by atoms with Gasteiger partial charge in [-0.1, -0.05) is 13.8 Å². The second-order valence-corrected chi connectivity index (χ2v) is 5.47. The lowest BCUT2D eigenvalue weighted by Crippen LogP contribution is -2.39. The van der Waals surface area contributed by atoms with Crippen molar-refractivity contribution in [3.8, 4) is 0 Å². The van der Waals surface area contributed by atoms with Crippen LogP contribution in [0.3, 0.4) is 0 Å². The molecule has 1 fully saturated rings. The van der Waals surface area contributed by atoms with Gasteiger partial charge in [0.05, 0.1) is 11.8 Å². The summed E-state index contributed by atoms with van der Waals surface area (Å²) in [5.74, 6) is 0.620. The van der Waals surface area contributed by atoms with Crippen LogP contribution in [0.25, 0.3) is 0 Å². The third-order valence-corrected chi connectivity index (χ3v) is 4.37. The lowest BCUT2D eigenvalue weighted by molar-refractivity contribution is 0.0781. The molecule has 2 rings (SSSR count). The molecule has 0 amide bonds. The van der Waals surface area contributed by atoms with Crippen LogP contribution in [0.2, 0.25) is 0 Å². The second-order valence-electron chi connectivity index (χ2n) is 5.47. The summed E-state index contributed by atoms with van der Waals surface area (Å²) in [6.45, 7) is 5.28. The predicted octanol–water partition coefficient (Wildman–Crippen LogP) is 1.93. The number of ether oxygens (including phenoxy) is 1. The zero-order valence-corrected chi connectivity index (χ0v) is 12.6. The summed E-state index contributed by atoms with van der Waals surface area (Å²) < 4.78 is 7.86. The maximum Gasteiger partial charge on any atom is 0.0624 e. The number of aromatic nitrogens is 2. The molecule has 4 nitrogen and oxygen atoms in total. The molecule has 1 saturated heterocycles. The lowest BCUT2D eigenvalue weighted by Gasteiger charge is -2.26. The van der Waals surface area contributed by atoms with Gasteiger partial charge in [-0.15, -0.1) is 0 Å². The molecule has 108 valence electrons. The number of hydrogen-bond acceptors (Lipinski definition) is 3. The topological polar surface area (TPSA) is 39.1 Å². The molecule has 1 aromatic heterocycles. The van der Waals surface area contributed by atoms with Gasteiger partial charge in [0.15, 0.2) is 0 Å². The fraction of sp³-hybridized carbons (Fsp3) is 0.800. The molecule has 0 radical (unpaired) electrons. The number of hydrogen-bond donors (Lipinski definition) is 1. The highest BCUT2D eigenvalue weighted by atomic mass is 16.5. The summed E-state index contributed by atoms with van der Waals surface area (Å²) in [7, 11) is 4.11. The van der Waals surface area contributed by atoms with Gasteiger partial charge in [0.25, 0.3) is 0 Å². The normalized spacial score (nSPS) is 24.8. The van der Waals surface area contributed by atoms with Gasteiger partial charge < -0.3 is 10.1 Å². The summed E-state index contributed by atoms with van der Waals surface area (Å²) >= 11 is 0. The molecule has 4 heteroatoms. The quantitative estimate of drug-likeness (QED) is 0.854. The summed E-state index contributed by atoms with van der Waals surface area (Å²) in [6, 6.07) is 2.72. The number of nitrogens with zero attached hydrogens (tertiary/aromatic N) is 2. The van der Waals surface area contributed by atoms with E-state index in [1.165, 1.54) is 17.8 Å². The van der Waals surface area contributed by atoms with Crippen molar-refractivity contribution < 1.29 is 4.74 Å². The molecule has 2 heterocycles. The van der Waals surface area contributed by atoms with Gasteiger partial charge in [-0.3, -0.25) is 4.68 Å². The summed E-state index contributed by atoms with van der Waals surface area (Å²) in [4.78, 5) is 0. The molecule has 3 unspecified atom stereocenters. The molecular weight excluding hydrogens is 238 g/mol. The van der Waals surface area contributed by atoms with Crippen molar-refractivity contribution in [1.29, 1.82) is 0 Å². The number of aryl methyl sites for hydroxylation is 2. The molecular formula is C15H27N3O. The molecule has 1 aromatic rings. The number of likely N-dealkylation sites (N-methyl/N-ethyl adjacent to an activating group) is 1. The highest BCUT2D eigenvalue weighted by Crippen LogP contribution is 2.28. The van der Waals surface area contributed by atoms with E-state index in [-0.39, 0.29) is 0 Å². The van der Waals surface area contributed by atoms with Crippen LogP contribution in [0.1, 0.15) is 38.1 Å². The Labute approximate surface area is 116 Å². The third-order valence-electron chi connectivity index (χ3n) is 4.37. The first-order valence-corrected chi connectivity index (χ1v) is 7.50. The molecule has 0 bridgehead atoms. The van der Waals surface area contributed by atoms with Gasteiger partial charge in [0.2, 0.25) is 0 Å². The van der Waals surface area contributed by atoms with E-state index in [0.29, 0.717) is 18.1 Å². The first kappa shape index (κ1) is 14.5. The fourth-order valence-electron chi connectivity index (χ4n) is 3.17. The van der Waals surface area contributed by atoms with Crippen molar-refractivity contribution in [2.75, 3.05) is 13.7 Å². The summed E-state index contributed by atoms with van der Waals surface area (Å²) in [5.41, 5.74) is 2.50. The highest BCUT2D eigenvalue weighted by molar-refractivity contribution is 5.12. The lowest BCUT2D eigenvalue weighted by atomic mass is 9.88. The average Bonchev–Trinajstić information content (AvgIpc) is 3.02. The Morgan fingerprint density at radius 1 is 1.53 bits per heavy atom. The third kappa shape index (κ3) is 3.18. The van der Waals surface area contributed by atoms with Gasteiger partial charge in [0, 0.05) is 37.7 Å². The van der Waals surface area contributed by atoms with Crippen LogP contribution in [0.5, 0.6) is 0 Å². The van der Waals surface area contributed by atoms with Gasteiger partial charge in [-0.2, -0.15) is 5.10 Å². The minimum Gasteiger partial charge on any atom is -0.378 e. The molecule has 0 aromatic carbocycles. The van der Waals surface area contributed by atoms with Crippen molar-refractivity contribution in [3.05, 3.63) is 17.5 Å². The zero-order valence-electron chi connectivity index (χ0n) is 12.6.